The van der Waals surface area contributed by atoms with E-state index in [4.69, 9.17) is 20.8 Å². The van der Waals surface area contributed by atoms with Crippen LogP contribution in [0.4, 0.5) is 5.82 Å². The Morgan fingerprint density at radius 3 is 2.71 bits per heavy atom. The maximum atomic E-state index is 11.0. The molecular weight excluding hydrogens is 348 g/mol. The molecule has 1 aliphatic rings. The molecule has 5 nitrogen and oxygen atoms in total. The predicted molar refractivity (Wildman–Crippen MR) is 97.1 cm³/mol. The Balaban J connectivity index is 1.58. The minimum atomic E-state index is -3.33. The van der Waals surface area contributed by atoms with Crippen LogP contribution in [0, 0.1) is 5.92 Å². The van der Waals surface area contributed by atoms with E-state index in [1.165, 1.54) is 0 Å². The minimum Gasteiger partial charge on any atom is -0.357 e. The zero-order valence-corrected chi connectivity index (χ0v) is 15.2. The maximum absolute atomic E-state index is 11.0. The molecule has 0 radical (unpaired) electrons. The Bertz CT molecular complexity index is 818. The summed E-state index contributed by atoms with van der Waals surface area (Å²) in [6.07, 6.45) is 3.90. The summed E-state index contributed by atoms with van der Waals surface area (Å²) in [6, 6.07) is 9.79. The van der Waals surface area contributed by atoms with E-state index in [1.54, 1.807) is 0 Å². The SMILES string of the molecule is CS(=O)(=O)OCCC1CCN(c2ccc3c(Cl)cccc3n2)CC1. The molecule has 3 rings (SSSR count). The van der Waals surface area contributed by atoms with Crippen LogP contribution in [-0.4, -0.2) is 39.4 Å². The van der Waals surface area contributed by atoms with Gasteiger partial charge in [0.25, 0.3) is 10.1 Å². The molecule has 130 valence electrons. The van der Waals surface area contributed by atoms with Gasteiger partial charge in [-0.1, -0.05) is 17.7 Å². The van der Waals surface area contributed by atoms with Crippen LogP contribution in [0.25, 0.3) is 10.9 Å². The quantitative estimate of drug-likeness (QED) is 0.756. The molecule has 24 heavy (non-hydrogen) atoms. The Morgan fingerprint density at radius 1 is 1.25 bits per heavy atom. The fourth-order valence-corrected chi connectivity index (χ4v) is 3.73. The molecule has 0 amide bonds. The molecule has 7 heteroatoms. The van der Waals surface area contributed by atoms with Crippen molar-refractivity contribution in [1.82, 2.24) is 4.98 Å². The highest BCUT2D eigenvalue weighted by Crippen LogP contribution is 2.28. The van der Waals surface area contributed by atoms with E-state index >= 15 is 0 Å². The van der Waals surface area contributed by atoms with Crippen molar-refractivity contribution < 1.29 is 12.6 Å². The average molecular weight is 369 g/mol. The Morgan fingerprint density at radius 2 is 2.00 bits per heavy atom. The molecule has 0 aliphatic carbocycles. The number of hydrogen-bond donors (Lipinski definition) is 0. The lowest BCUT2D eigenvalue weighted by Crippen LogP contribution is -2.34. The summed E-state index contributed by atoms with van der Waals surface area (Å²) in [6.45, 7) is 2.11. The molecule has 2 aromatic rings. The van der Waals surface area contributed by atoms with Crippen molar-refractivity contribution in [3.63, 3.8) is 0 Å². The van der Waals surface area contributed by atoms with Crippen LogP contribution in [0.1, 0.15) is 19.3 Å². The summed E-state index contributed by atoms with van der Waals surface area (Å²) in [4.78, 5) is 6.99. The molecule has 0 spiro atoms. The van der Waals surface area contributed by atoms with Crippen molar-refractivity contribution in [2.24, 2.45) is 5.92 Å². The lowest BCUT2D eigenvalue weighted by Gasteiger charge is -2.32. The molecule has 1 aromatic carbocycles. The molecule has 1 aliphatic heterocycles. The number of anilines is 1. The van der Waals surface area contributed by atoms with Crippen LogP contribution in [-0.2, 0) is 14.3 Å². The topological polar surface area (TPSA) is 59.5 Å². The van der Waals surface area contributed by atoms with E-state index in [1.807, 2.05) is 30.3 Å². The van der Waals surface area contributed by atoms with Crippen LogP contribution in [0.5, 0.6) is 0 Å². The molecule has 1 fully saturated rings. The first kappa shape index (κ1) is 17.5. The number of piperidine rings is 1. The molecule has 0 saturated carbocycles. The average Bonchev–Trinajstić information content (AvgIpc) is 2.54. The fraction of sp³-hybridized carbons (Fsp3) is 0.471. The standard InChI is InChI=1S/C17H21ClN2O3S/c1-24(21,22)23-12-9-13-7-10-20(11-8-13)17-6-5-14-15(18)3-2-4-16(14)19-17/h2-6,13H,7-12H2,1H3. The zero-order valence-electron chi connectivity index (χ0n) is 13.6. The second kappa shape index (κ2) is 7.25. The molecule has 1 saturated heterocycles. The fourth-order valence-electron chi connectivity index (χ4n) is 3.10. The third kappa shape index (κ3) is 4.37. The number of halogens is 1. The van der Waals surface area contributed by atoms with Gasteiger partial charge in [-0.3, -0.25) is 4.18 Å². The van der Waals surface area contributed by atoms with Crippen LogP contribution >= 0.6 is 11.6 Å². The van der Waals surface area contributed by atoms with Crippen LogP contribution in [0.3, 0.4) is 0 Å². The van der Waals surface area contributed by atoms with Crippen molar-refractivity contribution in [1.29, 1.82) is 0 Å². The van der Waals surface area contributed by atoms with Crippen molar-refractivity contribution in [2.45, 2.75) is 19.3 Å². The number of nitrogens with zero attached hydrogens (tertiary/aromatic N) is 2. The molecule has 2 heterocycles. The minimum absolute atomic E-state index is 0.274. The summed E-state index contributed by atoms with van der Waals surface area (Å²) >= 11 is 6.19. The Hall–Kier alpha value is -1.37. The summed E-state index contributed by atoms with van der Waals surface area (Å²) in [7, 11) is -3.33. The Labute approximate surface area is 147 Å². The third-order valence-corrected chi connectivity index (χ3v) is 5.35. The molecule has 0 atom stereocenters. The van der Waals surface area contributed by atoms with Gasteiger partial charge >= 0.3 is 0 Å². The first-order valence-electron chi connectivity index (χ1n) is 8.07. The lowest BCUT2D eigenvalue weighted by atomic mass is 9.94. The number of aromatic nitrogens is 1. The molecule has 1 aromatic heterocycles. The van der Waals surface area contributed by atoms with E-state index in [0.717, 1.165) is 60.4 Å². The van der Waals surface area contributed by atoms with Crippen LogP contribution in [0.15, 0.2) is 30.3 Å². The molecule has 0 N–H and O–H groups in total. The van der Waals surface area contributed by atoms with E-state index in [-0.39, 0.29) is 6.61 Å². The summed E-state index contributed by atoms with van der Waals surface area (Å²) in [5.74, 6) is 1.47. The summed E-state index contributed by atoms with van der Waals surface area (Å²) in [5, 5.41) is 1.69. The highest BCUT2D eigenvalue weighted by molar-refractivity contribution is 7.85. The van der Waals surface area contributed by atoms with Gasteiger partial charge in [0.2, 0.25) is 0 Å². The highest BCUT2D eigenvalue weighted by atomic mass is 35.5. The number of rotatable bonds is 5. The zero-order chi connectivity index (χ0) is 17.2. The molecule has 0 unspecified atom stereocenters. The first-order chi connectivity index (χ1) is 11.4. The van der Waals surface area contributed by atoms with Crippen molar-refractivity contribution in [2.75, 3.05) is 30.9 Å². The largest absolute Gasteiger partial charge is 0.357 e. The smallest absolute Gasteiger partial charge is 0.264 e. The van der Waals surface area contributed by atoms with Crippen molar-refractivity contribution >= 4 is 38.4 Å². The first-order valence-corrected chi connectivity index (χ1v) is 10.3. The van der Waals surface area contributed by atoms with Gasteiger partial charge in [-0.05, 0) is 49.4 Å². The van der Waals surface area contributed by atoms with Crippen LogP contribution < -0.4 is 4.90 Å². The van der Waals surface area contributed by atoms with Gasteiger partial charge in [0.1, 0.15) is 5.82 Å². The van der Waals surface area contributed by atoms with E-state index in [2.05, 4.69) is 4.90 Å². The van der Waals surface area contributed by atoms with Crippen molar-refractivity contribution in [3.05, 3.63) is 35.4 Å². The van der Waals surface area contributed by atoms with Gasteiger partial charge in [0.15, 0.2) is 0 Å². The van der Waals surface area contributed by atoms with E-state index < -0.39 is 10.1 Å². The maximum Gasteiger partial charge on any atom is 0.264 e. The van der Waals surface area contributed by atoms with Gasteiger partial charge in [0.05, 0.1) is 18.4 Å². The summed E-state index contributed by atoms with van der Waals surface area (Å²) in [5.41, 5.74) is 0.906. The van der Waals surface area contributed by atoms with Gasteiger partial charge in [0, 0.05) is 23.5 Å². The monoisotopic (exact) mass is 368 g/mol. The highest BCUT2D eigenvalue weighted by Gasteiger charge is 2.20. The predicted octanol–water partition coefficient (Wildman–Crippen LogP) is 3.47. The number of pyridine rings is 1. The van der Waals surface area contributed by atoms with Crippen molar-refractivity contribution in [3.8, 4) is 0 Å². The second-order valence-corrected chi connectivity index (χ2v) is 8.27. The number of fused-ring (bicyclic) bond motifs is 1. The van der Waals surface area contributed by atoms with E-state index in [0.29, 0.717) is 5.92 Å². The van der Waals surface area contributed by atoms with Gasteiger partial charge in [-0.2, -0.15) is 8.42 Å². The lowest BCUT2D eigenvalue weighted by molar-refractivity contribution is 0.264. The second-order valence-electron chi connectivity index (χ2n) is 6.22. The normalized spacial score (nSPS) is 16.7. The Kier molecular flexibility index (Phi) is 5.27. The van der Waals surface area contributed by atoms with Gasteiger partial charge in [-0.25, -0.2) is 4.98 Å². The van der Waals surface area contributed by atoms with Gasteiger partial charge < -0.3 is 4.90 Å². The van der Waals surface area contributed by atoms with E-state index in [9.17, 15) is 8.42 Å². The third-order valence-electron chi connectivity index (χ3n) is 4.43. The van der Waals surface area contributed by atoms with Gasteiger partial charge in [-0.15, -0.1) is 0 Å². The van der Waals surface area contributed by atoms with Crippen LogP contribution in [0.2, 0.25) is 5.02 Å². The summed E-state index contributed by atoms with van der Waals surface area (Å²) < 4.78 is 26.8. The number of hydrogen-bond acceptors (Lipinski definition) is 5. The number of benzene rings is 1. The molecule has 0 bridgehead atoms. The molecular formula is C17H21ClN2O3S.